The van der Waals surface area contributed by atoms with Crippen LogP contribution in [0.3, 0.4) is 0 Å². The summed E-state index contributed by atoms with van der Waals surface area (Å²) in [5.41, 5.74) is 5.49. The highest BCUT2D eigenvalue weighted by atomic mass is 16.3. The lowest BCUT2D eigenvalue weighted by Gasteiger charge is -2.16. The highest BCUT2D eigenvalue weighted by Gasteiger charge is 2.08. The van der Waals surface area contributed by atoms with Crippen LogP contribution in [0.1, 0.15) is 101 Å². The van der Waals surface area contributed by atoms with Gasteiger partial charge in [-0.05, 0) is 59.4 Å². The van der Waals surface area contributed by atoms with Gasteiger partial charge in [-0.2, -0.15) is 0 Å². The number of nitrogens with one attached hydrogen (secondary N) is 1. The quantitative estimate of drug-likeness (QED) is 0.289. The average molecular weight is 394 g/mol. The molecule has 168 valence electrons. The molecule has 0 aliphatic carbocycles. The van der Waals surface area contributed by atoms with Gasteiger partial charge in [-0.25, -0.2) is 0 Å². The van der Waals surface area contributed by atoms with Gasteiger partial charge in [0.15, 0.2) is 0 Å². The number of aliphatic hydroxyl groups excluding tert-OH is 2. The van der Waals surface area contributed by atoms with Gasteiger partial charge in [0, 0.05) is 12.1 Å². The number of aliphatic hydroxyl groups is 2. The summed E-state index contributed by atoms with van der Waals surface area (Å²) in [5.74, 6) is 0. The van der Waals surface area contributed by atoms with Crippen molar-refractivity contribution in [2.24, 2.45) is 5.73 Å². The number of carbonyl (C=O) groups is 1. The van der Waals surface area contributed by atoms with Crippen LogP contribution >= 0.6 is 0 Å². The molecule has 0 aromatic rings. The molecule has 27 heavy (non-hydrogen) atoms. The van der Waals surface area contributed by atoms with Gasteiger partial charge >= 0.3 is 0 Å². The van der Waals surface area contributed by atoms with Crippen LogP contribution < -0.4 is 11.1 Å². The first kappa shape index (κ1) is 37.2. The van der Waals surface area contributed by atoms with Crippen molar-refractivity contribution in [3.05, 3.63) is 6.92 Å². The van der Waals surface area contributed by atoms with Gasteiger partial charge in [0.1, 0.15) is 6.29 Å². The van der Waals surface area contributed by atoms with Crippen LogP contribution in [0.15, 0.2) is 0 Å². The third kappa shape index (κ3) is 41.1. The molecule has 0 aromatic heterocycles. The van der Waals surface area contributed by atoms with E-state index in [1.807, 2.05) is 6.92 Å². The van der Waals surface area contributed by atoms with E-state index in [2.05, 4.69) is 33.0 Å². The number of carbonyl (C=O) groups excluding carboxylic acids is 1. The van der Waals surface area contributed by atoms with Crippen LogP contribution in [0.4, 0.5) is 0 Å². The van der Waals surface area contributed by atoms with Gasteiger partial charge in [0.05, 0.1) is 25.6 Å². The summed E-state index contributed by atoms with van der Waals surface area (Å²) in [4.78, 5) is 8.81. The lowest BCUT2D eigenvalue weighted by atomic mass is 10.1. The van der Waals surface area contributed by atoms with E-state index < -0.39 is 0 Å². The summed E-state index contributed by atoms with van der Waals surface area (Å²) in [7, 11) is 0. The fraction of sp³-hybridized carbons (Fsp3) is 0.909. The van der Waals surface area contributed by atoms with Crippen molar-refractivity contribution in [1.82, 2.24) is 5.32 Å². The molecule has 4 unspecified atom stereocenters. The normalized spacial score (nSPS) is 13.8. The Labute approximate surface area is 171 Å². The number of rotatable bonds is 12. The van der Waals surface area contributed by atoms with Gasteiger partial charge in [-0.15, -0.1) is 0 Å². The predicted molar refractivity (Wildman–Crippen MR) is 122 cm³/mol. The molecule has 0 amide bonds. The van der Waals surface area contributed by atoms with Crippen molar-refractivity contribution in [2.45, 2.75) is 125 Å². The van der Waals surface area contributed by atoms with Crippen molar-refractivity contribution >= 4 is 6.29 Å². The Morgan fingerprint density at radius 2 is 1.48 bits per heavy atom. The standard InChI is InChI=1S/C10H23NO.C8H18NO.C2H4O.2CH4/c1-4-6-7-10(12)8-9(3)11-5-2;1-3-4-5-8(10)6-7(2)9;1-2-3;;/h9-12H,4-8H2,1-3H3;7-8,10H,1,3-6,9H2,2H3;2H,1H3;2*1H4/q;+1;;;. The van der Waals surface area contributed by atoms with E-state index in [9.17, 15) is 10.2 Å². The van der Waals surface area contributed by atoms with Crippen LogP contribution in [0.5, 0.6) is 0 Å². The molecule has 5 heteroatoms. The van der Waals surface area contributed by atoms with Crippen molar-refractivity contribution in [1.29, 1.82) is 0 Å². The van der Waals surface area contributed by atoms with E-state index in [4.69, 9.17) is 10.5 Å². The maximum absolute atomic E-state index is 9.54. The maximum atomic E-state index is 9.54. The van der Waals surface area contributed by atoms with Gasteiger partial charge in [0.2, 0.25) is 0 Å². The smallest absolute Gasteiger partial charge is 0.116 e. The Kier molecular flexibility index (Phi) is 41.5. The molecule has 0 bridgehead atoms. The molecule has 0 saturated carbocycles. The van der Waals surface area contributed by atoms with Crippen molar-refractivity contribution in [3.63, 3.8) is 0 Å². The third-order valence-electron chi connectivity index (χ3n) is 3.50. The lowest BCUT2D eigenvalue weighted by Crippen LogP contribution is -2.29. The number of nitrogens with two attached hydrogens (primary N) is 1. The zero-order valence-corrected chi connectivity index (χ0v) is 17.3. The van der Waals surface area contributed by atoms with E-state index in [-0.39, 0.29) is 33.1 Å². The molecule has 0 heterocycles. The number of hydrogen-bond acceptors (Lipinski definition) is 5. The lowest BCUT2D eigenvalue weighted by molar-refractivity contribution is -0.106. The van der Waals surface area contributed by atoms with E-state index >= 15 is 0 Å². The summed E-state index contributed by atoms with van der Waals surface area (Å²) in [6, 6.07) is 0.557. The van der Waals surface area contributed by atoms with Gasteiger partial charge in [0.25, 0.3) is 0 Å². The number of aldehydes is 1. The summed E-state index contributed by atoms with van der Waals surface area (Å²) in [6.45, 7) is 14.4. The molecule has 0 aliphatic heterocycles. The molecule has 0 rings (SSSR count). The molecule has 0 spiro atoms. The van der Waals surface area contributed by atoms with E-state index in [0.29, 0.717) is 12.5 Å². The second-order valence-electron chi connectivity index (χ2n) is 6.59. The van der Waals surface area contributed by atoms with Crippen LogP contribution in [-0.2, 0) is 4.79 Å². The molecule has 5 N–H and O–H groups in total. The summed E-state index contributed by atoms with van der Waals surface area (Å²) in [6.07, 6.45) is 8.00. The summed E-state index contributed by atoms with van der Waals surface area (Å²) < 4.78 is 0. The summed E-state index contributed by atoms with van der Waals surface area (Å²) in [5, 5.41) is 22.1. The first-order valence-electron chi connectivity index (χ1n) is 9.82. The van der Waals surface area contributed by atoms with Crippen LogP contribution in [-0.4, -0.2) is 47.3 Å². The van der Waals surface area contributed by atoms with Crippen molar-refractivity contribution in [3.8, 4) is 0 Å². The van der Waals surface area contributed by atoms with Crippen molar-refractivity contribution < 1.29 is 15.0 Å². The molecule has 0 saturated heterocycles. The monoisotopic (exact) mass is 393 g/mol. The van der Waals surface area contributed by atoms with E-state index in [1.165, 1.54) is 13.3 Å². The second-order valence-corrected chi connectivity index (χ2v) is 6.59. The van der Waals surface area contributed by atoms with E-state index in [0.717, 1.165) is 51.4 Å². The average Bonchev–Trinajstić information content (AvgIpc) is 2.52. The highest BCUT2D eigenvalue weighted by Crippen LogP contribution is 2.06. The Balaban J connectivity index is -0.0000000987. The molecule has 4 atom stereocenters. The predicted octanol–water partition coefficient (Wildman–Crippen LogP) is 4.49. The number of hydrogen-bond donors (Lipinski definition) is 4. The minimum absolute atomic E-state index is 0. The molecule has 0 radical (unpaired) electrons. The molecule has 0 aliphatic rings. The maximum Gasteiger partial charge on any atom is 0.116 e. The van der Waals surface area contributed by atoms with Crippen molar-refractivity contribution in [2.75, 3.05) is 6.54 Å². The molecule has 0 aromatic carbocycles. The second kappa shape index (κ2) is 30.1. The summed E-state index contributed by atoms with van der Waals surface area (Å²) >= 11 is 0. The minimum atomic E-state index is -0.221. The fourth-order valence-corrected chi connectivity index (χ4v) is 2.32. The molecule has 0 fully saturated rings. The Bertz CT molecular complexity index is 252. The SMILES string of the molecule is C.C.CC=O.CCCCC(O)CC(C)NCC.[CH2+]CCCC(O)CC(C)N. The van der Waals surface area contributed by atoms with E-state index in [1.54, 1.807) is 0 Å². The highest BCUT2D eigenvalue weighted by molar-refractivity contribution is 5.44. The van der Waals surface area contributed by atoms with Gasteiger partial charge < -0.3 is 26.1 Å². The van der Waals surface area contributed by atoms with Crippen LogP contribution in [0, 0.1) is 6.92 Å². The minimum Gasteiger partial charge on any atom is -0.393 e. The zero-order chi connectivity index (χ0) is 20.1. The van der Waals surface area contributed by atoms with Crippen LogP contribution in [0.25, 0.3) is 0 Å². The Hall–Kier alpha value is -0.620. The Morgan fingerprint density at radius 3 is 1.85 bits per heavy atom. The first-order valence-corrected chi connectivity index (χ1v) is 9.82. The zero-order valence-electron chi connectivity index (χ0n) is 17.3. The van der Waals surface area contributed by atoms with Gasteiger partial charge in [-0.1, -0.05) is 41.5 Å². The molecular weight excluding hydrogens is 340 g/mol. The largest absolute Gasteiger partial charge is 0.393 e. The number of unbranched alkanes of at least 4 members (excludes halogenated alkanes) is 2. The Morgan fingerprint density at radius 1 is 1.04 bits per heavy atom. The van der Waals surface area contributed by atoms with Gasteiger partial charge in [-0.3, -0.25) is 0 Å². The first-order chi connectivity index (χ1) is 11.8. The van der Waals surface area contributed by atoms with Crippen LogP contribution in [0.2, 0.25) is 0 Å². The molecular formula is C22H53N2O3+. The third-order valence-corrected chi connectivity index (χ3v) is 3.50. The fourth-order valence-electron chi connectivity index (χ4n) is 2.32. The molecule has 5 nitrogen and oxygen atoms in total. The topological polar surface area (TPSA) is 95.6 Å².